The highest BCUT2D eigenvalue weighted by Gasteiger charge is 2.10. The lowest BCUT2D eigenvalue weighted by Crippen LogP contribution is -2.10. The van der Waals surface area contributed by atoms with Gasteiger partial charge < -0.3 is 10.1 Å². The predicted molar refractivity (Wildman–Crippen MR) is 71.9 cm³/mol. The molecule has 0 amide bonds. The molecule has 0 saturated heterocycles. The molecule has 0 spiro atoms. The van der Waals surface area contributed by atoms with Crippen LogP contribution >= 0.6 is 0 Å². The van der Waals surface area contributed by atoms with Crippen molar-refractivity contribution in [2.24, 2.45) is 0 Å². The Hall–Kier alpha value is -1.60. The standard InChI is InChI=1S/C12H17NO5S/c1-18-12(14)10-6-2-3-7-11(10)13-8-4-5-9-19(15,16)17/h2-3,6-7,13H,4-5,8-9H2,1H3,(H,15,16,17). The Morgan fingerprint density at radius 2 is 2.00 bits per heavy atom. The number of carbonyl (C=O) groups is 1. The maximum atomic E-state index is 11.5. The lowest BCUT2D eigenvalue weighted by molar-refractivity contribution is 0.0602. The molecule has 1 aromatic carbocycles. The molecule has 6 nitrogen and oxygen atoms in total. The van der Waals surface area contributed by atoms with E-state index in [1.54, 1.807) is 24.3 Å². The average Bonchev–Trinajstić information content (AvgIpc) is 2.36. The molecule has 0 bridgehead atoms. The van der Waals surface area contributed by atoms with Crippen LogP contribution in [0.5, 0.6) is 0 Å². The molecule has 0 saturated carbocycles. The SMILES string of the molecule is COC(=O)c1ccccc1NCCCCS(=O)(=O)O. The van der Waals surface area contributed by atoms with Crippen molar-refractivity contribution in [2.45, 2.75) is 12.8 Å². The van der Waals surface area contributed by atoms with Gasteiger partial charge in [-0.1, -0.05) is 12.1 Å². The van der Waals surface area contributed by atoms with Crippen LogP contribution in [-0.2, 0) is 14.9 Å². The number of hydrogen-bond acceptors (Lipinski definition) is 5. The maximum absolute atomic E-state index is 11.5. The third kappa shape index (κ3) is 5.71. The van der Waals surface area contributed by atoms with Crippen LogP contribution in [0, 0.1) is 0 Å². The third-order valence-corrected chi connectivity index (χ3v) is 3.28. The quantitative estimate of drug-likeness (QED) is 0.449. The molecule has 7 heteroatoms. The fourth-order valence-electron chi connectivity index (χ4n) is 1.56. The molecule has 19 heavy (non-hydrogen) atoms. The van der Waals surface area contributed by atoms with E-state index in [9.17, 15) is 13.2 Å². The van der Waals surface area contributed by atoms with Crippen LogP contribution in [0.3, 0.4) is 0 Å². The number of benzene rings is 1. The van der Waals surface area contributed by atoms with E-state index in [-0.39, 0.29) is 5.75 Å². The number of esters is 1. The van der Waals surface area contributed by atoms with Crippen molar-refractivity contribution in [2.75, 3.05) is 24.7 Å². The van der Waals surface area contributed by atoms with Gasteiger partial charge >= 0.3 is 5.97 Å². The van der Waals surface area contributed by atoms with E-state index in [4.69, 9.17) is 4.55 Å². The molecule has 0 radical (unpaired) electrons. The number of carbonyl (C=O) groups excluding carboxylic acids is 1. The number of methoxy groups -OCH3 is 1. The van der Waals surface area contributed by atoms with Crippen molar-refractivity contribution in [3.05, 3.63) is 29.8 Å². The van der Waals surface area contributed by atoms with Crippen LogP contribution in [0.4, 0.5) is 5.69 Å². The van der Waals surface area contributed by atoms with Gasteiger partial charge in [0.2, 0.25) is 0 Å². The molecule has 0 atom stereocenters. The number of unbranched alkanes of at least 4 members (excludes halogenated alkanes) is 1. The van der Waals surface area contributed by atoms with Crippen molar-refractivity contribution in [3.8, 4) is 0 Å². The second-order valence-electron chi connectivity index (χ2n) is 3.96. The van der Waals surface area contributed by atoms with E-state index in [1.165, 1.54) is 7.11 Å². The highest BCUT2D eigenvalue weighted by molar-refractivity contribution is 7.85. The summed E-state index contributed by atoms with van der Waals surface area (Å²) >= 11 is 0. The summed E-state index contributed by atoms with van der Waals surface area (Å²) in [4.78, 5) is 11.5. The summed E-state index contributed by atoms with van der Waals surface area (Å²) in [6.07, 6.45) is 0.918. The monoisotopic (exact) mass is 287 g/mol. The predicted octanol–water partition coefficient (Wildman–Crippen LogP) is 1.55. The molecule has 0 aromatic heterocycles. The van der Waals surface area contributed by atoms with Gasteiger partial charge in [0.1, 0.15) is 0 Å². The van der Waals surface area contributed by atoms with Crippen LogP contribution in [0.1, 0.15) is 23.2 Å². The minimum absolute atomic E-state index is 0.257. The molecule has 106 valence electrons. The van der Waals surface area contributed by atoms with Gasteiger partial charge in [0.05, 0.1) is 18.4 Å². The summed E-state index contributed by atoms with van der Waals surface area (Å²) in [7, 11) is -2.59. The van der Waals surface area contributed by atoms with Crippen LogP contribution < -0.4 is 5.32 Å². The van der Waals surface area contributed by atoms with E-state index in [2.05, 4.69) is 10.1 Å². The van der Waals surface area contributed by atoms with Crippen molar-refractivity contribution in [1.29, 1.82) is 0 Å². The zero-order valence-electron chi connectivity index (χ0n) is 10.6. The van der Waals surface area contributed by atoms with E-state index < -0.39 is 16.1 Å². The lowest BCUT2D eigenvalue weighted by Gasteiger charge is -2.10. The Morgan fingerprint density at radius 3 is 2.63 bits per heavy atom. The topological polar surface area (TPSA) is 92.7 Å². The molecule has 0 aliphatic rings. The number of rotatable bonds is 7. The van der Waals surface area contributed by atoms with Crippen LogP contribution in [0.25, 0.3) is 0 Å². The summed E-state index contributed by atoms with van der Waals surface area (Å²) in [5, 5.41) is 3.04. The summed E-state index contributed by atoms with van der Waals surface area (Å²) in [5.41, 5.74) is 1.07. The normalized spacial score (nSPS) is 11.1. The minimum atomic E-state index is -3.90. The van der Waals surface area contributed by atoms with Gasteiger partial charge in [-0.15, -0.1) is 0 Å². The molecular weight excluding hydrogens is 270 g/mol. The van der Waals surface area contributed by atoms with Gasteiger partial charge in [-0.05, 0) is 25.0 Å². The maximum Gasteiger partial charge on any atom is 0.339 e. The number of ether oxygens (including phenoxy) is 1. The van der Waals surface area contributed by atoms with Crippen molar-refractivity contribution in [1.82, 2.24) is 0 Å². The average molecular weight is 287 g/mol. The third-order valence-electron chi connectivity index (χ3n) is 2.48. The second kappa shape index (κ2) is 7.10. The Bertz CT molecular complexity index is 527. The fraction of sp³-hybridized carbons (Fsp3) is 0.417. The van der Waals surface area contributed by atoms with Gasteiger partial charge in [0.15, 0.2) is 0 Å². The molecule has 0 unspecified atom stereocenters. The first kappa shape index (κ1) is 15.5. The van der Waals surface area contributed by atoms with Crippen molar-refractivity contribution < 1.29 is 22.5 Å². The fourth-order valence-corrected chi connectivity index (χ4v) is 2.13. The highest BCUT2D eigenvalue weighted by atomic mass is 32.2. The Labute approximate surface area is 112 Å². The number of hydrogen-bond donors (Lipinski definition) is 2. The van der Waals surface area contributed by atoms with Gasteiger partial charge in [0.25, 0.3) is 10.1 Å². The largest absolute Gasteiger partial charge is 0.465 e. The lowest BCUT2D eigenvalue weighted by atomic mass is 10.1. The van der Waals surface area contributed by atoms with Gasteiger partial charge in [-0.3, -0.25) is 4.55 Å². The smallest absolute Gasteiger partial charge is 0.339 e. The van der Waals surface area contributed by atoms with Gasteiger partial charge in [0, 0.05) is 12.2 Å². The first-order chi connectivity index (χ1) is 8.94. The molecule has 2 N–H and O–H groups in total. The summed E-state index contributed by atoms with van der Waals surface area (Å²) in [6.45, 7) is 0.503. The molecule has 1 aromatic rings. The summed E-state index contributed by atoms with van der Waals surface area (Å²) < 4.78 is 34.3. The van der Waals surface area contributed by atoms with Gasteiger partial charge in [-0.25, -0.2) is 4.79 Å². The van der Waals surface area contributed by atoms with E-state index in [0.29, 0.717) is 30.6 Å². The molecule has 0 aliphatic carbocycles. The molecule has 1 rings (SSSR count). The molecular formula is C12H17NO5S. The number of para-hydroxylation sites is 1. The van der Waals surface area contributed by atoms with Crippen LogP contribution in [0.2, 0.25) is 0 Å². The Balaban J connectivity index is 2.47. The minimum Gasteiger partial charge on any atom is -0.465 e. The van der Waals surface area contributed by atoms with Crippen molar-refractivity contribution in [3.63, 3.8) is 0 Å². The Kier molecular flexibility index (Phi) is 5.78. The van der Waals surface area contributed by atoms with Crippen molar-refractivity contribution >= 4 is 21.8 Å². The number of nitrogens with one attached hydrogen (secondary N) is 1. The Morgan fingerprint density at radius 1 is 1.32 bits per heavy atom. The van der Waals surface area contributed by atoms with Crippen LogP contribution in [-0.4, -0.2) is 38.3 Å². The van der Waals surface area contributed by atoms with E-state index in [0.717, 1.165) is 0 Å². The molecule has 0 heterocycles. The van der Waals surface area contributed by atoms with Crippen LogP contribution in [0.15, 0.2) is 24.3 Å². The summed E-state index contributed by atoms with van der Waals surface area (Å²) in [5.74, 6) is -0.686. The highest BCUT2D eigenvalue weighted by Crippen LogP contribution is 2.15. The second-order valence-corrected chi connectivity index (χ2v) is 5.53. The molecule has 0 aliphatic heterocycles. The van der Waals surface area contributed by atoms with Gasteiger partial charge in [-0.2, -0.15) is 8.42 Å². The van der Waals surface area contributed by atoms with E-state index in [1.807, 2.05) is 0 Å². The number of anilines is 1. The first-order valence-electron chi connectivity index (χ1n) is 5.80. The molecule has 0 fully saturated rings. The van der Waals surface area contributed by atoms with E-state index >= 15 is 0 Å². The zero-order chi connectivity index (χ0) is 14.3. The first-order valence-corrected chi connectivity index (χ1v) is 7.41. The summed E-state index contributed by atoms with van der Waals surface area (Å²) in [6, 6.07) is 6.91. The zero-order valence-corrected chi connectivity index (χ0v) is 11.4.